The number of para-hydroxylation sites is 1. The zero-order chi connectivity index (χ0) is 17.9. The molecule has 0 radical (unpaired) electrons. The summed E-state index contributed by atoms with van der Waals surface area (Å²) in [6.45, 7) is 0. The van der Waals surface area contributed by atoms with Crippen LogP contribution < -0.4 is 10.8 Å². The summed E-state index contributed by atoms with van der Waals surface area (Å²) < 4.78 is 0. The Labute approximate surface area is 152 Å². The molecule has 0 aliphatic carbocycles. The Morgan fingerprint density at radius 1 is 0.577 bits per heavy atom. The van der Waals surface area contributed by atoms with Crippen LogP contribution in [-0.2, 0) is 0 Å². The maximum absolute atomic E-state index is 9.63. The minimum atomic E-state index is -1.49. The summed E-state index contributed by atoms with van der Waals surface area (Å²) in [6.07, 6.45) is 0. The maximum Gasteiger partial charge on any atom is 0.489 e. The molecule has 4 aromatic carbocycles. The van der Waals surface area contributed by atoms with Gasteiger partial charge in [0.1, 0.15) is 0 Å². The lowest BCUT2D eigenvalue weighted by Gasteiger charge is -2.16. The van der Waals surface area contributed by atoms with Crippen LogP contribution in [0.3, 0.4) is 0 Å². The van der Waals surface area contributed by atoms with Gasteiger partial charge < -0.3 is 15.4 Å². The first kappa shape index (κ1) is 16.4. The average Bonchev–Trinajstić information content (AvgIpc) is 2.69. The van der Waals surface area contributed by atoms with E-state index in [1.54, 1.807) is 6.07 Å². The molecule has 4 heteroatoms. The van der Waals surface area contributed by atoms with Gasteiger partial charge in [-0.15, -0.1) is 0 Å². The molecule has 0 aliphatic rings. The molecule has 0 aliphatic heterocycles. The Hall–Kier alpha value is -3.08. The lowest BCUT2D eigenvalue weighted by atomic mass is 9.77. The topological polar surface area (TPSA) is 52.5 Å². The zero-order valence-corrected chi connectivity index (χ0v) is 14.1. The van der Waals surface area contributed by atoms with E-state index in [0.29, 0.717) is 5.46 Å². The van der Waals surface area contributed by atoms with E-state index in [0.717, 1.165) is 33.3 Å². The molecule has 0 saturated carbocycles. The molecule has 0 bridgehead atoms. The van der Waals surface area contributed by atoms with Crippen molar-refractivity contribution < 1.29 is 10.0 Å². The molecule has 26 heavy (non-hydrogen) atoms. The van der Waals surface area contributed by atoms with Crippen LogP contribution in [0, 0.1) is 0 Å². The molecule has 3 N–H and O–H groups in total. The van der Waals surface area contributed by atoms with Gasteiger partial charge in [-0.25, -0.2) is 0 Å². The number of benzene rings is 4. The summed E-state index contributed by atoms with van der Waals surface area (Å²) in [7, 11) is -1.49. The molecule has 4 aromatic rings. The minimum absolute atomic E-state index is 0.502. The van der Waals surface area contributed by atoms with E-state index >= 15 is 0 Å². The van der Waals surface area contributed by atoms with E-state index in [9.17, 15) is 10.0 Å². The molecule has 3 nitrogen and oxygen atoms in total. The predicted molar refractivity (Wildman–Crippen MR) is 109 cm³/mol. The second kappa shape index (κ2) is 7.04. The quantitative estimate of drug-likeness (QED) is 0.494. The lowest BCUT2D eigenvalue weighted by molar-refractivity contribution is 0.426. The minimum Gasteiger partial charge on any atom is -0.423 e. The third-order valence-electron chi connectivity index (χ3n) is 4.52. The Kier molecular flexibility index (Phi) is 4.44. The Balaban J connectivity index is 1.82. The van der Waals surface area contributed by atoms with Crippen molar-refractivity contribution >= 4 is 34.7 Å². The summed E-state index contributed by atoms with van der Waals surface area (Å²) in [5.41, 5.74) is 4.68. The first-order chi connectivity index (χ1) is 12.7. The van der Waals surface area contributed by atoms with Crippen molar-refractivity contribution in [3.63, 3.8) is 0 Å². The SMILES string of the molecule is OB(O)c1ccc(Nc2ccccc2-c2ccccc2)c2ccccc12. The summed E-state index contributed by atoms with van der Waals surface area (Å²) in [5, 5.41) is 24.5. The van der Waals surface area contributed by atoms with Crippen molar-refractivity contribution in [2.45, 2.75) is 0 Å². The van der Waals surface area contributed by atoms with Crippen molar-refractivity contribution in [2.75, 3.05) is 5.32 Å². The molecule has 0 saturated heterocycles. The van der Waals surface area contributed by atoms with Crippen molar-refractivity contribution in [1.29, 1.82) is 0 Å². The van der Waals surface area contributed by atoms with E-state index in [2.05, 4.69) is 23.5 Å². The number of rotatable bonds is 4. The van der Waals surface area contributed by atoms with Crippen LogP contribution >= 0.6 is 0 Å². The first-order valence-corrected chi connectivity index (χ1v) is 8.53. The van der Waals surface area contributed by atoms with Gasteiger partial charge in [0.2, 0.25) is 0 Å². The number of nitrogens with one attached hydrogen (secondary N) is 1. The standard InChI is InChI=1S/C22H18BNO2/c25-23(26)20-14-15-22(19-12-5-4-11-18(19)20)24-21-13-7-6-10-17(21)16-8-2-1-3-9-16/h1-15,24-26H. The fraction of sp³-hybridized carbons (Fsp3) is 0. The van der Waals surface area contributed by atoms with Crippen molar-refractivity contribution in [3.8, 4) is 11.1 Å². The second-order valence-electron chi connectivity index (χ2n) is 6.16. The molecule has 126 valence electrons. The van der Waals surface area contributed by atoms with E-state index in [4.69, 9.17) is 0 Å². The highest BCUT2D eigenvalue weighted by atomic mass is 16.4. The van der Waals surface area contributed by atoms with E-state index in [1.165, 1.54) is 0 Å². The Bertz CT molecular complexity index is 1050. The van der Waals surface area contributed by atoms with Gasteiger partial charge in [0.15, 0.2) is 0 Å². The molecule has 4 rings (SSSR count). The average molecular weight is 339 g/mol. The molecule has 0 atom stereocenters. The predicted octanol–water partition coefficient (Wildman–Crippen LogP) is 3.93. The fourth-order valence-electron chi connectivity index (χ4n) is 3.26. The third kappa shape index (κ3) is 3.08. The van der Waals surface area contributed by atoms with E-state index < -0.39 is 7.12 Å². The van der Waals surface area contributed by atoms with Gasteiger partial charge in [0, 0.05) is 22.3 Å². The van der Waals surface area contributed by atoms with Crippen molar-refractivity contribution in [2.24, 2.45) is 0 Å². The summed E-state index contributed by atoms with van der Waals surface area (Å²) in [4.78, 5) is 0. The monoisotopic (exact) mass is 339 g/mol. The van der Waals surface area contributed by atoms with Gasteiger partial charge in [-0.05, 0) is 28.5 Å². The van der Waals surface area contributed by atoms with Gasteiger partial charge in [0.05, 0.1) is 0 Å². The van der Waals surface area contributed by atoms with Crippen LogP contribution in [0.15, 0.2) is 91.0 Å². The van der Waals surface area contributed by atoms with Crippen molar-refractivity contribution in [1.82, 2.24) is 0 Å². The molecular weight excluding hydrogens is 321 g/mol. The normalized spacial score (nSPS) is 10.7. The van der Waals surface area contributed by atoms with Crippen LogP contribution in [0.5, 0.6) is 0 Å². The Morgan fingerprint density at radius 2 is 1.23 bits per heavy atom. The van der Waals surface area contributed by atoms with Crippen LogP contribution in [0.1, 0.15) is 0 Å². The van der Waals surface area contributed by atoms with Crippen molar-refractivity contribution in [3.05, 3.63) is 91.0 Å². The summed E-state index contributed by atoms with van der Waals surface area (Å²) >= 11 is 0. The zero-order valence-electron chi connectivity index (χ0n) is 14.1. The van der Waals surface area contributed by atoms with Crippen LogP contribution in [0.4, 0.5) is 11.4 Å². The smallest absolute Gasteiger partial charge is 0.423 e. The highest BCUT2D eigenvalue weighted by Gasteiger charge is 2.16. The fourth-order valence-corrected chi connectivity index (χ4v) is 3.26. The third-order valence-corrected chi connectivity index (χ3v) is 4.52. The maximum atomic E-state index is 9.63. The van der Waals surface area contributed by atoms with Crippen LogP contribution in [-0.4, -0.2) is 17.2 Å². The van der Waals surface area contributed by atoms with Gasteiger partial charge in [-0.3, -0.25) is 0 Å². The van der Waals surface area contributed by atoms with Gasteiger partial charge in [-0.1, -0.05) is 78.9 Å². The molecule has 0 fully saturated rings. The largest absolute Gasteiger partial charge is 0.489 e. The first-order valence-electron chi connectivity index (χ1n) is 8.53. The summed E-state index contributed by atoms with van der Waals surface area (Å²) in [6, 6.07) is 29.8. The molecule has 0 unspecified atom stereocenters. The lowest BCUT2D eigenvalue weighted by Crippen LogP contribution is -2.30. The molecular formula is C22H18BNO2. The van der Waals surface area contributed by atoms with Gasteiger partial charge in [0.25, 0.3) is 0 Å². The van der Waals surface area contributed by atoms with E-state index in [1.807, 2.05) is 66.7 Å². The molecule has 0 aromatic heterocycles. The molecule has 0 heterocycles. The highest BCUT2D eigenvalue weighted by Crippen LogP contribution is 2.32. The highest BCUT2D eigenvalue weighted by molar-refractivity contribution is 6.62. The number of hydrogen-bond acceptors (Lipinski definition) is 3. The number of fused-ring (bicyclic) bond motifs is 1. The number of hydrogen-bond donors (Lipinski definition) is 3. The van der Waals surface area contributed by atoms with Crippen LogP contribution in [0.25, 0.3) is 21.9 Å². The molecule has 0 amide bonds. The van der Waals surface area contributed by atoms with Gasteiger partial charge >= 0.3 is 7.12 Å². The Morgan fingerprint density at radius 3 is 2.00 bits per heavy atom. The molecule has 0 spiro atoms. The van der Waals surface area contributed by atoms with Gasteiger partial charge in [-0.2, -0.15) is 0 Å². The second-order valence-corrected chi connectivity index (χ2v) is 6.16. The van der Waals surface area contributed by atoms with Crippen LogP contribution in [0.2, 0.25) is 0 Å². The van der Waals surface area contributed by atoms with E-state index in [-0.39, 0.29) is 0 Å². The summed E-state index contributed by atoms with van der Waals surface area (Å²) in [5.74, 6) is 0. The number of anilines is 2.